The SMILES string of the molecule is COc1nc(Cl)ccc1C(=O)Nc1ccc(CC(NC(=O)[C@H]2CC[C@@](C)(C(=O)O)C2(C)C)C(=O)O)cc1. The maximum absolute atomic E-state index is 13.0. The number of aromatic nitrogens is 1. The van der Waals surface area contributed by atoms with Crippen molar-refractivity contribution < 1.29 is 34.1 Å². The zero-order valence-electron chi connectivity index (χ0n) is 21.0. The van der Waals surface area contributed by atoms with Crippen molar-refractivity contribution in [2.75, 3.05) is 12.4 Å². The number of amides is 2. The Kier molecular flexibility index (Phi) is 8.12. The lowest BCUT2D eigenvalue weighted by Crippen LogP contribution is -2.49. The van der Waals surface area contributed by atoms with Gasteiger partial charge >= 0.3 is 11.9 Å². The molecule has 11 heteroatoms. The van der Waals surface area contributed by atoms with Gasteiger partial charge in [-0.3, -0.25) is 14.4 Å². The molecule has 37 heavy (non-hydrogen) atoms. The molecular formula is C26H30ClN3O7. The van der Waals surface area contributed by atoms with E-state index in [4.69, 9.17) is 16.3 Å². The number of carboxylic acid groups (broad SMARTS) is 2. The fourth-order valence-electron chi connectivity index (χ4n) is 4.72. The van der Waals surface area contributed by atoms with Crippen molar-refractivity contribution in [1.29, 1.82) is 0 Å². The van der Waals surface area contributed by atoms with Crippen LogP contribution in [0.15, 0.2) is 36.4 Å². The molecule has 1 fully saturated rings. The van der Waals surface area contributed by atoms with Crippen molar-refractivity contribution in [1.82, 2.24) is 10.3 Å². The Morgan fingerprint density at radius 2 is 1.76 bits per heavy atom. The summed E-state index contributed by atoms with van der Waals surface area (Å²) in [5.74, 6) is -3.66. The quantitative estimate of drug-likeness (QED) is 0.357. The van der Waals surface area contributed by atoms with Gasteiger partial charge in [0.2, 0.25) is 11.8 Å². The molecule has 0 bridgehead atoms. The number of ether oxygens (including phenoxy) is 1. The molecule has 1 aliphatic carbocycles. The van der Waals surface area contributed by atoms with Gasteiger partial charge in [0.25, 0.3) is 5.91 Å². The van der Waals surface area contributed by atoms with Crippen LogP contribution in [0.25, 0.3) is 0 Å². The van der Waals surface area contributed by atoms with Gasteiger partial charge in [-0.2, -0.15) is 0 Å². The Labute approximate surface area is 219 Å². The summed E-state index contributed by atoms with van der Waals surface area (Å²) >= 11 is 5.83. The Morgan fingerprint density at radius 3 is 2.30 bits per heavy atom. The van der Waals surface area contributed by atoms with Gasteiger partial charge in [0.1, 0.15) is 16.8 Å². The number of benzene rings is 1. The average molecular weight is 532 g/mol. The van der Waals surface area contributed by atoms with Gasteiger partial charge in [0.15, 0.2) is 0 Å². The van der Waals surface area contributed by atoms with E-state index in [-0.39, 0.29) is 23.0 Å². The fraction of sp³-hybridized carbons (Fsp3) is 0.423. The standard InChI is InChI=1S/C26H30ClN3O7/c1-25(2)17(11-12-26(25,3)24(35)36)21(32)29-18(23(33)34)13-14-5-7-15(8-6-14)28-20(31)16-9-10-19(27)30-22(16)37-4/h5-10,17-18H,11-13H2,1-4H3,(H,28,31)(H,29,32)(H,33,34)(H,35,36)/t17-,18?,26+/m1/s1. The molecule has 0 saturated heterocycles. The minimum Gasteiger partial charge on any atom is -0.481 e. The molecule has 1 aromatic carbocycles. The van der Waals surface area contributed by atoms with Gasteiger partial charge in [0, 0.05) is 18.0 Å². The van der Waals surface area contributed by atoms with Gasteiger partial charge in [-0.25, -0.2) is 9.78 Å². The fourth-order valence-corrected chi connectivity index (χ4v) is 4.86. The second-order valence-corrected chi connectivity index (χ2v) is 10.3. The highest BCUT2D eigenvalue weighted by Crippen LogP contribution is 2.56. The summed E-state index contributed by atoms with van der Waals surface area (Å²) < 4.78 is 5.10. The van der Waals surface area contributed by atoms with E-state index in [0.717, 1.165) is 0 Å². The molecule has 0 aliphatic heterocycles. The first-order valence-electron chi connectivity index (χ1n) is 11.7. The molecule has 1 aliphatic rings. The van der Waals surface area contributed by atoms with Gasteiger partial charge in [-0.1, -0.05) is 37.6 Å². The van der Waals surface area contributed by atoms with Crippen molar-refractivity contribution in [2.45, 2.75) is 46.1 Å². The van der Waals surface area contributed by atoms with Crippen molar-refractivity contribution in [2.24, 2.45) is 16.7 Å². The molecule has 1 aromatic heterocycles. The summed E-state index contributed by atoms with van der Waals surface area (Å²) in [6, 6.07) is 8.28. The number of carboxylic acids is 2. The van der Waals surface area contributed by atoms with Crippen molar-refractivity contribution in [3.05, 3.63) is 52.7 Å². The molecule has 198 valence electrons. The van der Waals surface area contributed by atoms with E-state index in [0.29, 0.717) is 24.1 Å². The van der Waals surface area contributed by atoms with Gasteiger partial charge in [0.05, 0.1) is 12.5 Å². The molecule has 1 saturated carbocycles. The number of aliphatic carboxylic acids is 2. The second-order valence-electron chi connectivity index (χ2n) is 9.90. The van der Waals surface area contributed by atoms with Crippen LogP contribution < -0.4 is 15.4 Å². The number of methoxy groups -OCH3 is 1. The monoisotopic (exact) mass is 531 g/mol. The largest absolute Gasteiger partial charge is 0.481 e. The Balaban J connectivity index is 1.67. The first-order valence-corrected chi connectivity index (χ1v) is 12.1. The lowest BCUT2D eigenvalue weighted by molar-refractivity contribution is -0.155. The van der Waals surface area contributed by atoms with Crippen LogP contribution in [0, 0.1) is 16.7 Å². The smallest absolute Gasteiger partial charge is 0.326 e. The molecule has 1 heterocycles. The van der Waals surface area contributed by atoms with Crippen molar-refractivity contribution in [3.63, 3.8) is 0 Å². The normalized spacial score (nSPS) is 21.1. The first-order chi connectivity index (χ1) is 17.3. The van der Waals surface area contributed by atoms with Crippen molar-refractivity contribution >= 4 is 41.0 Å². The maximum atomic E-state index is 13.0. The number of hydrogen-bond donors (Lipinski definition) is 4. The van der Waals surface area contributed by atoms with Crippen LogP contribution in [0.5, 0.6) is 5.88 Å². The molecule has 0 spiro atoms. The molecular weight excluding hydrogens is 502 g/mol. The number of anilines is 1. The minimum atomic E-state index is -1.20. The minimum absolute atomic E-state index is 0.00751. The van der Waals surface area contributed by atoms with Gasteiger partial charge < -0.3 is 25.6 Å². The molecule has 1 unspecified atom stereocenters. The van der Waals surface area contributed by atoms with E-state index < -0.39 is 46.5 Å². The van der Waals surface area contributed by atoms with E-state index in [2.05, 4.69) is 15.6 Å². The van der Waals surface area contributed by atoms with Crippen LogP contribution in [0.2, 0.25) is 5.15 Å². The lowest BCUT2D eigenvalue weighted by Gasteiger charge is -2.38. The van der Waals surface area contributed by atoms with Crippen LogP contribution in [-0.2, 0) is 20.8 Å². The number of hydrogen-bond acceptors (Lipinski definition) is 6. The van der Waals surface area contributed by atoms with E-state index in [1.54, 1.807) is 45.0 Å². The number of nitrogens with zero attached hydrogens (tertiary/aromatic N) is 1. The third-order valence-corrected chi connectivity index (χ3v) is 7.76. The van der Waals surface area contributed by atoms with Gasteiger partial charge in [-0.15, -0.1) is 0 Å². The Morgan fingerprint density at radius 1 is 1.11 bits per heavy atom. The summed E-state index contributed by atoms with van der Waals surface area (Å²) in [5, 5.41) is 24.9. The molecule has 2 aromatic rings. The molecule has 10 nitrogen and oxygen atoms in total. The third-order valence-electron chi connectivity index (χ3n) is 7.55. The highest BCUT2D eigenvalue weighted by Gasteiger charge is 2.58. The zero-order chi connectivity index (χ0) is 27.5. The van der Waals surface area contributed by atoms with Crippen molar-refractivity contribution in [3.8, 4) is 5.88 Å². The topological polar surface area (TPSA) is 155 Å². The highest BCUT2D eigenvalue weighted by molar-refractivity contribution is 6.29. The number of pyridine rings is 1. The molecule has 3 rings (SSSR count). The predicted octanol–water partition coefficient (Wildman–Crippen LogP) is 3.63. The van der Waals surface area contributed by atoms with E-state index in [1.807, 2.05) is 0 Å². The summed E-state index contributed by atoms with van der Waals surface area (Å²) in [7, 11) is 1.38. The van der Waals surface area contributed by atoms with E-state index >= 15 is 0 Å². The van der Waals surface area contributed by atoms with Crippen LogP contribution in [-0.4, -0.2) is 52.1 Å². The average Bonchev–Trinajstić information content (AvgIpc) is 3.09. The summed E-state index contributed by atoms with van der Waals surface area (Å²) in [4.78, 5) is 53.3. The van der Waals surface area contributed by atoms with Crippen LogP contribution in [0.1, 0.15) is 49.5 Å². The third kappa shape index (κ3) is 5.69. The predicted molar refractivity (Wildman–Crippen MR) is 136 cm³/mol. The maximum Gasteiger partial charge on any atom is 0.326 e. The summed E-state index contributed by atoms with van der Waals surface area (Å²) in [6.07, 6.45) is 0.695. The summed E-state index contributed by atoms with van der Waals surface area (Å²) in [5.41, 5.74) is -0.660. The van der Waals surface area contributed by atoms with E-state index in [9.17, 15) is 29.4 Å². The van der Waals surface area contributed by atoms with Gasteiger partial charge in [-0.05, 0) is 55.0 Å². The number of halogens is 1. The number of nitrogens with one attached hydrogen (secondary N) is 2. The number of carbonyl (C=O) groups is 4. The zero-order valence-corrected chi connectivity index (χ0v) is 21.8. The Hall–Kier alpha value is -3.66. The molecule has 0 radical (unpaired) electrons. The lowest BCUT2D eigenvalue weighted by atomic mass is 9.65. The molecule has 3 atom stereocenters. The summed E-state index contributed by atoms with van der Waals surface area (Å²) in [6.45, 7) is 5.09. The second kappa shape index (κ2) is 10.8. The number of carbonyl (C=O) groups excluding carboxylic acids is 2. The number of rotatable bonds is 9. The van der Waals surface area contributed by atoms with Crippen LogP contribution >= 0.6 is 11.6 Å². The molecule has 4 N–H and O–H groups in total. The molecule has 2 amide bonds. The highest BCUT2D eigenvalue weighted by atomic mass is 35.5. The van der Waals surface area contributed by atoms with Crippen LogP contribution in [0.4, 0.5) is 5.69 Å². The first kappa shape index (κ1) is 27.9. The van der Waals surface area contributed by atoms with Crippen LogP contribution in [0.3, 0.4) is 0 Å². The Bertz CT molecular complexity index is 1220. The van der Waals surface area contributed by atoms with E-state index in [1.165, 1.54) is 19.2 Å².